The minimum atomic E-state index is -3.81. The minimum Gasteiger partial charge on any atom is -0.497 e. The van der Waals surface area contributed by atoms with Crippen LogP contribution in [-0.2, 0) is 23.1 Å². The largest absolute Gasteiger partial charge is 0.497 e. The molecule has 1 aliphatic rings. The Labute approximate surface area is 199 Å². The number of sulfonamides is 1. The monoisotopic (exact) mass is 487 g/mol. The zero-order valence-electron chi connectivity index (χ0n) is 19.5. The van der Waals surface area contributed by atoms with Crippen molar-refractivity contribution in [2.75, 3.05) is 40.4 Å². The number of nitrogens with one attached hydrogen (secondary N) is 1. The number of carbonyl (C=O) groups is 1. The van der Waals surface area contributed by atoms with Crippen molar-refractivity contribution in [1.29, 1.82) is 0 Å². The molecule has 0 saturated carbocycles. The van der Waals surface area contributed by atoms with Gasteiger partial charge in [0.1, 0.15) is 22.2 Å². The van der Waals surface area contributed by atoms with Crippen LogP contribution in [0.25, 0.3) is 11.0 Å². The molecule has 1 saturated heterocycles. The quantitative estimate of drug-likeness (QED) is 0.548. The van der Waals surface area contributed by atoms with Gasteiger partial charge < -0.3 is 24.3 Å². The summed E-state index contributed by atoms with van der Waals surface area (Å²) in [5.41, 5.74) is 1.92. The van der Waals surface area contributed by atoms with E-state index in [1.807, 2.05) is 31.2 Å². The van der Waals surface area contributed by atoms with Gasteiger partial charge in [-0.3, -0.25) is 0 Å². The van der Waals surface area contributed by atoms with Crippen molar-refractivity contribution in [3.63, 3.8) is 0 Å². The molecule has 0 bridgehead atoms. The standard InChI is InChI=1S/C23H29N5O5S/c1-4-28-19-8-6-5-7-18(19)25-22(28)16-24-23(29)26-11-13-27(14-12-26)34(30,31)21-15-17(32-2)9-10-20(21)33-3/h5-10,15H,4,11-14,16H2,1-3H3,(H,24,29). The molecule has 1 aromatic heterocycles. The molecule has 11 heteroatoms. The van der Waals surface area contributed by atoms with Crippen LogP contribution in [0.2, 0.25) is 0 Å². The highest BCUT2D eigenvalue weighted by Crippen LogP contribution is 2.31. The van der Waals surface area contributed by atoms with Gasteiger partial charge in [0, 0.05) is 38.8 Å². The molecule has 10 nitrogen and oxygen atoms in total. The Morgan fingerprint density at radius 2 is 1.79 bits per heavy atom. The average Bonchev–Trinajstić information content (AvgIpc) is 3.24. The number of amides is 2. The summed E-state index contributed by atoms with van der Waals surface area (Å²) in [6, 6.07) is 12.3. The maximum atomic E-state index is 13.2. The Morgan fingerprint density at radius 1 is 1.06 bits per heavy atom. The molecule has 0 atom stereocenters. The van der Waals surface area contributed by atoms with Crippen LogP contribution in [0.1, 0.15) is 12.7 Å². The molecule has 0 unspecified atom stereocenters. The fourth-order valence-electron chi connectivity index (χ4n) is 4.14. The van der Waals surface area contributed by atoms with E-state index in [0.29, 0.717) is 12.3 Å². The number of para-hydroxylation sites is 2. The average molecular weight is 488 g/mol. The van der Waals surface area contributed by atoms with Gasteiger partial charge in [0.15, 0.2) is 0 Å². The third kappa shape index (κ3) is 4.53. The van der Waals surface area contributed by atoms with Crippen molar-refractivity contribution in [3.05, 3.63) is 48.3 Å². The van der Waals surface area contributed by atoms with E-state index >= 15 is 0 Å². The summed E-state index contributed by atoms with van der Waals surface area (Å²) in [5.74, 6) is 1.46. The van der Waals surface area contributed by atoms with E-state index in [1.54, 1.807) is 17.0 Å². The van der Waals surface area contributed by atoms with Crippen molar-refractivity contribution in [1.82, 2.24) is 24.1 Å². The predicted octanol–water partition coefficient (Wildman–Crippen LogP) is 2.29. The maximum Gasteiger partial charge on any atom is 0.317 e. The van der Waals surface area contributed by atoms with Gasteiger partial charge in [-0.2, -0.15) is 4.31 Å². The zero-order valence-corrected chi connectivity index (χ0v) is 20.3. The second-order valence-corrected chi connectivity index (χ2v) is 9.73. The van der Waals surface area contributed by atoms with Crippen molar-refractivity contribution in [2.24, 2.45) is 0 Å². The van der Waals surface area contributed by atoms with Gasteiger partial charge in [0.05, 0.1) is 31.8 Å². The number of carbonyl (C=O) groups excluding carboxylic acids is 1. The zero-order chi connectivity index (χ0) is 24.3. The van der Waals surface area contributed by atoms with Gasteiger partial charge in [0.2, 0.25) is 10.0 Å². The number of fused-ring (bicyclic) bond motifs is 1. The number of aromatic nitrogens is 2. The molecule has 182 valence electrons. The summed E-state index contributed by atoms with van der Waals surface area (Å²) in [5, 5.41) is 2.92. The van der Waals surface area contributed by atoms with Crippen LogP contribution in [0.4, 0.5) is 4.79 Å². The number of benzene rings is 2. The number of nitrogens with zero attached hydrogens (tertiary/aromatic N) is 4. The first-order valence-electron chi connectivity index (χ1n) is 11.1. The number of piperazine rings is 1. The second kappa shape index (κ2) is 9.90. The fourth-order valence-corrected chi connectivity index (χ4v) is 5.73. The van der Waals surface area contributed by atoms with Gasteiger partial charge in [0.25, 0.3) is 0 Å². The number of aryl methyl sites for hydroxylation is 1. The highest BCUT2D eigenvalue weighted by atomic mass is 32.2. The Hall–Kier alpha value is -3.31. The SMILES string of the molecule is CCn1c(CNC(=O)N2CCN(S(=O)(=O)c3cc(OC)ccc3OC)CC2)nc2ccccc21. The first kappa shape index (κ1) is 23.8. The fraction of sp³-hybridized carbons (Fsp3) is 0.391. The highest BCUT2D eigenvalue weighted by molar-refractivity contribution is 7.89. The van der Waals surface area contributed by atoms with Crippen molar-refractivity contribution >= 4 is 27.1 Å². The van der Waals surface area contributed by atoms with Crippen LogP contribution in [0.15, 0.2) is 47.4 Å². The second-order valence-electron chi connectivity index (χ2n) is 7.83. The number of methoxy groups -OCH3 is 2. The molecule has 2 aromatic carbocycles. The van der Waals surface area contributed by atoms with E-state index in [9.17, 15) is 13.2 Å². The topological polar surface area (TPSA) is 106 Å². The lowest BCUT2D eigenvalue weighted by atomic mass is 10.3. The van der Waals surface area contributed by atoms with E-state index in [-0.39, 0.29) is 42.9 Å². The third-order valence-electron chi connectivity index (χ3n) is 5.96. The summed E-state index contributed by atoms with van der Waals surface area (Å²) in [6.07, 6.45) is 0. The summed E-state index contributed by atoms with van der Waals surface area (Å²) in [6.45, 7) is 4.00. The highest BCUT2D eigenvalue weighted by Gasteiger charge is 2.32. The van der Waals surface area contributed by atoms with Crippen LogP contribution in [0.5, 0.6) is 11.5 Å². The molecular formula is C23H29N5O5S. The Kier molecular flexibility index (Phi) is 6.94. The Balaban J connectivity index is 1.40. The maximum absolute atomic E-state index is 13.2. The number of hydrogen-bond acceptors (Lipinski definition) is 6. The molecule has 34 heavy (non-hydrogen) atoms. The summed E-state index contributed by atoms with van der Waals surface area (Å²) < 4.78 is 40.3. The smallest absolute Gasteiger partial charge is 0.317 e. The number of rotatable bonds is 7. The molecule has 0 radical (unpaired) electrons. The van der Waals surface area contributed by atoms with Gasteiger partial charge in [-0.1, -0.05) is 12.1 Å². The van der Waals surface area contributed by atoms with Gasteiger partial charge >= 0.3 is 6.03 Å². The number of hydrogen-bond donors (Lipinski definition) is 1. The normalized spacial score (nSPS) is 14.9. The summed E-state index contributed by atoms with van der Waals surface area (Å²) >= 11 is 0. The lowest BCUT2D eigenvalue weighted by Crippen LogP contribution is -2.53. The molecule has 2 amide bonds. The molecule has 0 spiro atoms. The Morgan fingerprint density at radius 3 is 2.47 bits per heavy atom. The summed E-state index contributed by atoms with van der Waals surface area (Å²) in [4.78, 5) is 19.1. The molecular weight excluding hydrogens is 458 g/mol. The van der Waals surface area contributed by atoms with Crippen LogP contribution in [0, 0.1) is 0 Å². The van der Waals surface area contributed by atoms with Crippen LogP contribution in [0.3, 0.4) is 0 Å². The molecule has 1 aliphatic heterocycles. The Bertz CT molecular complexity index is 1280. The van der Waals surface area contributed by atoms with Gasteiger partial charge in [-0.15, -0.1) is 0 Å². The van der Waals surface area contributed by atoms with Gasteiger partial charge in [-0.25, -0.2) is 18.2 Å². The number of urea groups is 1. The van der Waals surface area contributed by atoms with E-state index in [2.05, 4.69) is 14.9 Å². The van der Waals surface area contributed by atoms with E-state index in [1.165, 1.54) is 24.6 Å². The van der Waals surface area contributed by atoms with E-state index in [0.717, 1.165) is 23.4 Å². The van der Waals surface area contributed by atoms with E-state index in [4.69, 9.17) is 9.47 Å². The molecule has 1 N–H and O–H groups in total. The van der Waals surface area contributed by atoms with E-state index < -0.39 is 10.0 Å². The molecule has 3 aromatic rings. The van der Waals surface area contributed by atoms with Crippen molar-refractivity contribution < 1.29 is 22.7 Å². The number of imidazole rings is 1. The first-order chi connectivity index (χ1) is 16.4. The molecule has 0 aliphatic carbocycles. The van der Waals surface area contributed by atoms with Gasteiger partial charge in [-0.05, 0) is 31.2 Å². The van der Waals surface area contributed by atoms with Crippen molar-refractivity contribution in [3.8, 4) is 11.5 Å². The number of ether oxygens (including phenoxy) is 2. The third-order valence-corrected chi connectivity index (χ3v) is 7.88. The summed E-state index contributed by atoms with van der Waals surface area (Å²) in [7, 11) is -0.905. The first-order valence-corrected chi connectivity index (χ1v) is 12.5. The minimum absolute atomic E-state index is 0.0470. The lowest BCUT2D eigenvalue weighted by molar-refractivity contribution is 0.171. The predicted molar refractivity (Wildman–Crippen MR) is 128 cm³/mol. The molecule has 2 heterocycles. The van der Waals surface area contributed by atoms with Crippen LogP contribution < -0.4 is 14.8 Å². The molecule has 4 rings (SSSR count). The van der Waals surface area contributed by atoms with Crippen LogP contribution >= 0.6 is 0 Å². The van der Waals surface area contributed by atoms with Crippen molar-refractivity contribution in [2.45, 2.75) is 24.9 Å². The van der Waals surface area contributed by atoms with Crippen LogP contribution in [-0.4, -0.2) is 73.6 Å². The molecule has 1 fully saturated rings. The lowest BCUT2D eigenvalue weighted by Gasteiger charge is -2.34.